The molecule has 0 spiro atoms. The predicted molar refractivity (Wildman–Crippen MR) is 84.1 cm³/mol. The number of fused-ring (bicyclic) bond motifs is 1. The lowest BCUT2D eigenvalue weighted by Crippen LogP contribution is -2.18. The van der Waals surface area contributed by atoms with Crippen LogP contribution in [0.2, 0.25) is 0 Å². The number of hydrogen-bond donors (Lipinski definition) is 1. The summed E-state index contributed by atoms with van der Waals surface area (Å²) in [5.41, 5.74) is 1.75. The Morgan fingerprint density at radius 3 is 3.00 bits per heavy atom. The van der Waals surface area contributed by atoms with E-state index in [-0.39, 0.29) is 5.78 Å². The van der Waals surface area contributed by atoms with Gasteiger partial charge in [-0.15, -0.1) is 0 Å². The van der Waals surface area contributed by atoms with E-state index in [4.69, 9.17) is 4.74 Å². The molecule has 1 aromatic rings. The Labute approximate surface area is 124 Å². The normalized spacial score (nSPS) is 18.8. The van der Waals surface area contributed by atoms with Crippen LogP contribution in [0.4, 0.5) is 5.69 Å². The molecule has 0 atom stereocenters. The molecule has 1 aliphatic heterocycles. The standard InChI is InChI=1S/C16H21NO2S/c18-15(11-20-13-4-2-1-3-5-13)12-6-7-16-14(10-12)17-8-9-19-16/h6-7,10,13,17H,1-5,8-9,11H2. The number of hydrogen-bond acceptors (Lipinski definition) is 4. The van der Waals surface area contributed by atoms with E-state index >= 15 is 0 Å². The highest BCUT2D eigenvalue weighted by molar-refractivity contribution is 8.00. The van der Waals surface area contributed by atoms with Crippen molar-refractivity contribution in [2.45, 2.75) is 37.4 Å². The number of ketones is 1. The summed E-state index contributed by atoms with van der Waals surface area (Å²) < 4.78 is 5.53. The highest BCUT2D eigenvalue weighted by Crippen LogP contribution is 2.31. The van der Waals surface area contributed by atoms with Crippen LogP contribution in [0.15, 0.2) is 18.2 Å². The van der Waals surface area contributed by atoms with Gasteiger partial charge in [0.1, 0.15) is 12.4 Å². The molecule has 20 heavy (non-hydrogen) atoms. The van der Waals surface area contributed by atoms with Gasteiger partial charge in [0.2, 0.25) is 0 Å². The number of Topliss-reactive ketones (excluding diaryl/α,β-unsaturated/α-hetero) is 1. The zero-order chi connectivity index (χ0) is 13.8. The minimum absolute atomic E-state index is 0.232. The highest BCUT2D eigenvalue weighted by Gasteiger charge is 2.17. The summed E-state index contributed by atoms with van der Waals surface area (Å²) in [6.45, 7) is 1.50. The quantitative estimate of drug-likeness (QED) is 0.858. The number of benzene rings is 1. The van der Waals surface area contributed by atoms with E-state index in [0.29, 0.717) is 17.6 Å². The van der Waals surface area contributed by atoms with Crippen LogP contribution >= 0.6 is 11.8 Å². The zero-order valence-electron chi connectivity index (χ0n) is 11.7. The van der Waals surface area contributed by atoms with Crippen LogP contribution in [-0.4, -0.2) is 29.9 Å². The second-order valence-electron chi connectivity index (χ2n) is 5.48. The maximum atomic E-state index is 12.3. The summed E-state index contributed by atoms with van der Waals surface area (Å²) in [5.74, 6) is 1.69. The average molecular weight is 291 g/mol. The van der Waals surface area contributed by atoms with E-state index in [1.165, 1.54) is 32.1 Å². The third kappa shape index (κ3) is 3.29. The number of carbonyl (C=O) groups is 1. The van der Waals surface area contributed by atoms with Crippen LogP contribution in [0.25, 0.3) is 0 Å². The molecule has 1 heterocycles. The molecule has 1 aromatic carbocycles. The van der Waals surface area contributed by atoms with E-state index in [9.17, 15) is 4.79 Å². The minimum Gasteiger partial charge on any atom is -0.490 e. The van der Waals surface area contributed by atoms with Crippen molar-refractivity contribution >= 4 is 23.2 Å². The van der Waals surface area contributed by atoms with Crippen molar-refractivity contribution in [3.8, 4) is 5.75 Å². The van der Waals surface area contributed by atoms with Crippen molar-refractivity contribution in [2.75, 3.05) is 24.2 Å². The molecule has 1 aliphatic carbocycles. The van der Waals surface area contributed by atoms with Gasteiger partial charge in [0.25, 0.3) is 0 Å². The summed E-state index contributed by atoms with van der Waals surface area (Å²) in [6.07, 6.45) is 6.56. The van der Waals surface area contributed by atoms with Crippen molar-refractivity contribution in [3.05, 3.63) is 23.8 Å². The van der Waals surface area contributed by atoms with E-state index in [0.717, 1.165) is 23.5 Å². The summed E-state index contributed by atoms with van der Waals surface area (Å²) in [4.78, 5) is 12.3. The van der Waals surface area contributed by atoms with Crippen LogP contribution in [-0.2, 0) is 0 Å². The molecular weight excluding hydrogens is 270 g/mol. The van der Waals surface area contributed by atoms with Crippen molar-refractivity contribution in [1.29, 1.82) is 0 Å². The molecule has 4 heteroatoms. The van der Waals surface area contributed by atoms with Gasteiger partial charge < -0.3 is 10.1 Å². The van der Waals surface area contributed by atoms with Gasteiger partial charge in [0.05, 0.1) is 11.4 Å². The molecule has 0 bridgehead atoms. The smallest absolute Gasteiger partial charge is 0.172 e. The second kappa shape index (κ2) is 6.53. The minimum atomic E-state index is 0.232. The number of nitrogens with one attached hydrogen (secondary N) is 1. The molecule has 1 fully saturated rings. The lowest BCUT2D eigenvalue weighted by Gasteiger charge is -2.21. The van der Waals surface area contributed by atoms with E-state index < -0.39 is 0 Å². The first kappa shape index (κ1) is 13.8. The number of thioether (sulfide) groups is 1. The van der Waals surface area contributed by atoms with Gasteiger partial charge in [-0.2, -0.15) is 11.8 Å². The Hall–Kier alpha value is -1.16. The summed E-state index contributed by atoms with van der Waals surface area (Å²) >= 11 is 1.84. The lowest BCUT2D eigenvalue weighted by molar-refractivity contribution is 0.102. The SMILES string of the molecule is O=C(CSC1CCCCC1)c1ccc2c(c1)NCCO2. The first-order valence-corrected chi connectivity index (χ1v) is 8.53. The maximum Gasteiger partial charge on any atom is 0.172 e. The topological polar surface area (TPSA) is 38.3 Å². The third-order valence-corrected chi connectivity index (χ3v) is 5.35. The molecule has 0 unspecified atom stereocenters. The van der Waals surface area contributed by atoms with Crippen molar-refractivity contribution in [3.63, 3.8) is 0 Å². The van der Waals surface area contributed by atoms with Gasteiger partial charge in [-0.25, -0.2) is 0 Å². The molecule has 1 saturated carbocycles. The summed E-state index contributed by atoms with van der Waals surface area (Å²) in [5, 5.41) is 3.97. The first-order valence-electron chi connectivity index (χ1n) is 7.48. The predicted octanol–water partition coefficient (Wildman–Crippen LogP) is 3.74. The van der Waals surface area contributed by atoms with E-state index in [1.807, 2.05) is 30.0 Å². The number of ether oxygens (including phenoxy) is 1. The van der Waals surface area contributed by atoms with Gasteiger partial charge >= 0.3 is 0 Å². The van der Waals surface area contributed by atoms with Crippen LogP contribution in [0.3, 0.4) is 0 Å². The Bertz CT molecular complexity index is 483. The van der Waals surface area contributed by atoms with Crippen LogP contribution in [0.1, 0.15) is 42.5 Å². The zero-order valence-corrected chi connectivity index (χ0v) is 12.5. The van der Waals surface area contributed by atoms with Crippen LogP contribution < -0.4 is 10.1 Å². The lowest BCUT2D eigenvalue weighted by atomic mass is 10.0. The Kier molecular flexibility index (Phi) is 4.51. The second-order valence-corrected chi connectivity index (χ2v) is 6.77. The number of carbonyl (C=O) groups excluding carboxylic acids is 1. The average Bonchev–Trinajstić information content (AvgIpc) is 2.53. The molecule has 0 radical (unpaired) electrons. The molecule has 0 saturated heterocycles. The third-order valence-electron chi connectivity index (χ3n) is 3.98. The van der Waals surface area contributed by atoms with Crippen molar-refractivity contribution in [1.82, 2.24) is 0 Å². The fourth-order valence-electron chi connectivity index (χ4n) is 2.82. The van der Waals surface area contributed by atoms with Crippen LogP contribution in [0.5, 0.6) is 5.75 Å². The fraction of sp³-hybridized carbons (Fsp3) is 0.562. The molecule has 0 amide bonds. The van der Waals surface area contributed by atoms with E-state index in [1.54, 1.807) is 0 Å². The largest absolute Gasteiger partial charge is 0.490 e. The Morgan fingerprint density at radius 1 is 1.30 bits per heavy atom. The number of rotatable bonds is 4. The Balaban J connectivity index is 1.59. The first-order chi connectivity index (χ1) is 9.83. The van der Waals surface area contributed by atoms with Crippen molar-refractivity contribution in [2.24, 2.45) is 0 Å². The van der Waals surface area contributed by atoms with Gasteiger partial charge in [0, 0.05) is 17.4 Å². The van der Waals surface area contributed by atoms with Crippen LogP contribution in [0, 0.1) is 0 Å². The maximum absolute atomic E-state index is 12.3. The monoisotopic (exact) mass is 291 g/mol. The molecule has 1 N–H and O–H groups in total. The fourth-order valence-corrected chi connectivity index (χ4v) is 4.04. The molecule has 3 rings (SSSR count). The Morgan fingerprint density at radius 2 is 2.15 bits per heavy atom. The molecule has 3 nitrogen and oxygen atoms in total. The van der Waals surface area contributed by atoms with E-state index in [2.05, 4.69) is 5.32 Å². The van der Waals surface area contributed by atoms with Crippen molar-refractivity contribution < 1.29 is 9.53 Å². The highest BCUT2D eigenvalue weighted by atomic mass is 32.2. The molecule has 2 aliphatic rings. The van der Waals surface area contributed by atoms with Gasteiger partial charge in [-0.05, 0) is 31.0 Å². The molecular formula is C16H21NO2S. The summed E-state index contributed by atoms with van der Waals surface area (Å²) in [7, 11) is 0. The summed E-state index contributed by atoms with van der Waals surface area (Å²) in [6, 6.07) is 5.72. The van der Waals surface area contributed by atoms with Gasteiger partial charge in [-0.1, -0.05) is 19.3 Å². The number of anilines is 1. The van der Waals surface area contributed by atoms with Gasteiger partial charge in [-0.3, -0.25) is 4.79 Å². The molecule has 108 valence electrons. The molecule has 0 aromatic heterocycles. The van der Waals surface area contributed by atoms with Gasteiger partial charge in [0.15, 0.2) is 5.78 Å².